The molecule has 1 fully saturated rings. The largest absolute Gasteiger partial charge is 0.493 e. The number of hydrogen-bond acceptors (Lipinski definition) is 3. The molecule has 3 amide bonds. The monoisotopic (exact) mass is 368 g/mol. The zero-order valence-corrected chi connectivity index (χ0v) is 14.7. The average Bonchev–Trinajstić information content (AvgIpc) is 2.75. The van der Waals surface area contributed by atoms with E-state index in [1.165, 1.54) is 4.90 Å². The molecule has 0 aromatic heterocycles. The first-order chi connectivity index (χ1) is 10.3. The number of ether oxygens (including phenoxy) is 1. The maximum absolute atomic E-state index is 11.5. The van der Waals surface area contributed by atoms with Gasteiger partial charge in [0, 0.05) is 16.6 Å². The Bertz CT molecular complexity index is 565. The molecule has 1 aliphatic rings. The lowest BCUT2D eigenvalue weighted by atomic mass is 9.86. The van der Waals surface area contributed by atoms with E-state index in [-0.39, 0.29) is 23.9 Å². The number of imide groups is 1. The SMILES string of the molecule is CC(C)(C)c1cc(Br)ccc1OCCCN1C(=O)CNC1=O. The van der Waals surface area contributed by atoms with E-state index in [1.807, 2.05) is 12.1 Å². The molecular weight excluding hydrogens is 348 g/mol. The minimum atomic E-state index is -0.316. The van der Waals surface area contributed by atoms with Crippen LogP contribution in [0.5, 0.6) is 5.75 Å². The summed E-state index contributed by atoms with van der Waals surface area (Å²) in [6.45, 7) is 7.34. The summed E-state index contributed by atoms with van der Waals surface area (Å²) in [5, 5.41) is 2.50. The summed E-state index contributed by atoms with van der Waals surface area (Å²) in [6.07, 6.45) is 0.610. The first-order valence-corrected chi connectivity index (χ1v) is 8.09. The summed E-state index contributed by atoms with van der Waals surface area (Å²) in [5.41, 5.74) is 1.10. The highest BCUT2D eigenvalue weighted by molar-refractivity contribution is 9.10. The summed E-state index contributed by atoms with van der Waals surface area (Å²) >= 11 is 3.48. The Balaban J connectivity index is 1.92. The van der Waals surface area contributed by atoms with E-state index in [4.69, 9.17) is 4.74 Å². The van der Waals surface area contributed by atoms with Crippen LogP contribution in [0.25, 0.3) is 0 Å². The van der Waals surface area contributed by atoms with Crippen LogP contribution in [0.1, 0.15) is 32.8 Å². The predicted octanol–water partition coefficient (Wildman–Crippen LogP) is 3.07. The van der Waals surface area contributed by atoms with E-state index in [2.05, 4.69) is 48.1 Å². The predicted molar refractivity (Wildman–Crippen MR) is 88.1 cm³/mol. The normalized spacial score (nSPS) is 15.2. The second kappa shape index (κ2) is 6.69. The van der Waals surface area contributed by atoms with E-state index in [0.717, 1.165) is 15.8 Å². The van der Waals surface area contributed by atoms with Crippen LogP contribution in [0.15, 0.2) is 22.7 Å². The Morgan fingerprint density at radius 2 is 2.05 bits per heavy atom. The number of carbonyl (C=O) groups is 2. The number of nitrogens with zero attached hydrogens (tertiary/aromatic N) is 1. The molecule has 0 aliphatic carbocycles. The Hall–Kier alpha value is -1.56. The van der Waals surface area contributed by atoms with Crippen LogP contribution >= 0.6 is 15.9 Å². The maximum Gasteiger partial charge on any atom is 0.324 e. The van der Waals surface area contributed by atoms with E-state index in [9.17, 15) is 9.59 Å². The van der Waals surface area contributed by atoms with Crippen molar-refractivity contribution in [2.75, 3.05) is 19.7 Å². The molecule has 1 saturated heterocycles. The van der Waals surface area contributed by atoms with Crippen LogP contribution in [0.3, 0.4) is 0 Å². The minimum absolute atomic E-state index is 0.0239. The van der Waals surface area contributed by atoms with Gasteiger partial charge in [-0.15, -0.1) is 0 Å². The Labute approximate surface area is 139 Å². The number of urea groups is 1. The highest BCUT2D eigenvalue weighted by Gasteiger charge is 2.27. The second-order valence-electron chi connectivity index (χ2n) is 6.30. The first-order valence-electron chi connectivity index (χ1n) is 7.30. The van der Waals surface area contributed by atoms with Crippen LogP contribution in [-0.4, -0.2) is 36.5 Å². The minimum Gasteiger partial charge on any atom is -0.493 e. The van der Waals surface area contributed by atoms with Gasteiger partial charge >= 0.3 is 6.03 Å². The summed E-state index contributed by atoms with van der Waals surface area (Å²) in [5.74, 6) is 0.664. The van der Waals surface area contributed by atoms with Gasteiger partial charge in [-0.05, 0) is 30.0 Å². The lowest BCUT2D eigenvalue weighted by Crippen LogP contribution is -2.32. The van der Waals surface area contributed by atoms with Crippen molar-refractivity contribution in [2.24, 2.45) is 0 Å². The Morgan fingerprint density at radius 3 is 2.64 bits per heavy atom. The Morgan fingerprint density at radius 1 is 1.32 bits per heavy atom. The molecular formula is C16H21BrN2O3. The van der Waals surface area contributed by atoms with Crippen molar-refractivity contribution >= 4 is 27.9 Å². The zero-order chi connectivity index (χ0) is 16.3. The number of halogens is 1. The molecule has 1 heterocycles. The molecule has 5 nitrogen and oxygen atoms in total. The van der Waals surface area contributed by atoms with Gasteiger partial charge in [-0.1, -0.05) is 36.7 Å². The van der Waals surface area contributed by atoms with Gasteiger partial charge in [-0.25, -0.2) is 4.79 Å². The molecule has 0 atom stereocenters. The second-order valence-corrected chi connectivity index (χ2v) is 7.21. The smallest absolute Gasteiger partial charge is 0.324 e. The van der Waals surface area contributed by atoms with Crippen LogP contribution in [0.2, 0.25) is 0 Å². The molecule has 0 spiro atoms. The van der Waals surface area contributed by atoms with E-state index < -0.39 is 0 Å². The van der Waals surface area contributed by atoms with Crippen molar-refractivity contribution in [3.05, 3.63) is 28.2 Å². The van der Waals surface area contributed by atoms with Gasteiger partial charge in [0.2, 0.25) is 5.91 Å². The van der Waals surface area contributed by atoms with E-state index in [1.54, 1.807) is 0 Å². The molecule has 22 heavy (non-hydrogen) atoms. The van der Waals surface area contributed by atoms with Gasteiger partial charge in [0.05, 0.1) is 13.2 Å². The first kappa shape index (κ1) is 16.8. The molecule has 2 rings (SSSR count). The summed E-state index contributed by atoms with van der Waals surface area (Å²) in [4.78, 5) is 24.1. The molecule has 1 aromatic carbocycles. The van der Waals surface area contributed by atoms with Gasteiger partial charge in [-0.3, -0.25) is 9.69 Å². The van der Waals surface area contributed by atoms with Gasteiger partial charge in [-0.2, -0.15) is 0 Å². The maximum atomic E-state index is 11.5. The van der Waals surface area contributed by atoms with Gasteiger partial charge in [0.25, 0.3) is 0 Å². The zero-order valence-electron chi connectivity index (χ0n) is 13.1. The van der Waals surface area contributed by atoms with Crippen LogP contribution < -0.4 is 10.1 Å². The third-order valence-electron chi connectivity index (χ3n) is 3.47. The molecule has 0 bridgehead atoms. The van der Waals surface area contributed by atoms with Crippen molar-refractivity contribution in [3.8, 4) is 5.75 Å². The number of hydrogen-bond donors (Lipinski definition) is 1. The van der Waals surface area contributed by atoms with Crippen molar-refractivity contribution in [2.45, 2.75) is 32.6 Å². The number of rotatable bonds is 5. The highest BCUT2D eigenvalue weighted by atomic mass is 79.9. The van der Waals surface area contributed by atoms with Crippen molar-refractivity contribution in [1.82, 2.24) is 10.2 Å². The standard InChI is InChI=1S/C16H21BrN2O3/c1-16(2,3)12-9-11(17)5-6-13(12)22-8-4-7-19-14(20)10-18-15(19)21/h5-6,9H,4,7-8,10H2,1-3H3,(H,18,21). The molecule has 0 unspecified atom stereocenters. The molecule has 0 saturated carbocycles. The molecule has 1 aliphatic heterocycles. The number of amides is 3. The quantitative estimate of drug-likeness (QED) is 0.641. The average molecular weight is 369 g/mol. The number of nitrogens with one attached hydrogen (secondary N) is 1. The third kappa shape index (κ3) is 4.00. The number of carbonyl (C=O) groups excluding carboxylic acids is 2. The van der Waals surface area contributed by atoms with Crippen LogP contribution in [0, 0.1) is 0 Å². The molecule has 6 heteroatoms. The molecule has 1 N–H and O–H groups in total. The molecule has 120 valence electrons. The van der Waals surface area contributed by atoms with Crippen molar-refractivity contribution in [1.29, 1.82) is 0 Å². The third-order valence-corrected chi connectivity index (χ3v) is 3.96. The summed E-state index contributed by atoms with van der Waals surface area (Å²) in [7, 11) is 0. The van der Waals surface area contributed by atoms with Crippen LogP contribution in [-0.2, 0) is 10.2 Å². The highest BCUT2D eigenvalue weighted by Crippen LogP contribution is 2.33. The fraction of sp³-hybridized carbons (Fsp3) is 0.500. The number of benzene rings is 1. The lowest BCUT2D eigenvalue weighted by Gasteiger charge is -2.23. The molecule has 1 aromatic rings. The fourth-order valence-corrected chi connectivity index (χ4v) is 2.66. The fourth-order valence-electron chi connectivity index (χ4n) is 2.30. The summed E-state index contributed by atoms with van der Waals surface area (Å²) < 4.78 is 6.88. The van der Waals surface area contributed by atoms with Crippen LogP contribution in [0.4, 0.5) is 4.79 Å². The van der Waals surface area contributed by atoms with E-state index in [0.29, 0.717) is 19.6 Å². The van der Waals surface area contributed by atoms with Crippen molar-refractivity contribution in [3.63, 3.8) is 0 Å². The lowest BCUT2D eigenvalue weighted by molar-refractivity contribution is -0.125. The van der Waals surface area contributed by atoms with Crippen molar-refractivity contribution < 1.29 is 14.3 Å². The molecule has 0 radical (unpaired) electrons. The summed E-state index contributed by atoms with van der Waals surface area (Å²) in [6, 6.07) is 5.64. The topological polar surface area (TPSA) is 58.6 Å². The van der Waals surface area contributed by atoms with Gasteiger partial charge < -0.3 is 10.1 Å². The Kier molecular flexibility index (Phi) is 5.11. The van der Waals surface area contributed by atoms with Gasteiger partial charge in [0.1, 0.15) is 5.75 Å². The van der Waals surface area contributed by atoms with Gasteiger partial charge in [0.15, 0.2) is 0 Å². The van der Waals surface area contributed by atoms with E-state index >= 15 is 0 Å².